The summed E-state index contributed by atoms with van der Waals surface area (Å²) in [7, 11) is 0. The molecule has 0 saturated heterocycles. The number of nitrogens with one attached hydrogen (secondary N) is 2. The van der Waals surface area contributed by atoms with E-state index in [4.69, 9.17) is 20.8 Å². The molecule has 6 nitrogen and oxygen atoms in total. The van der Waals surface area contributed by atoms with Crippen LogP contribution in [0.3, 0.4) is 0 Å². The summed E-state index contributed by atoms with van der Waals surface area (Å²) in [4.78, 5) is 23.5. The third-order valence-electron chi connectivity index (χ3n) is 3.36. The molecule has 0 unspecified atom stereocenters. The first-order valence-electron chi connectivity index (χ1n) is 8.06. The van der Waals surface area contributed by atoms with Crippen molar-refractivity contribution in [1.82, 2.24) is 10.6 Å². The zero-order valence-corrected chi connectivity index (χ0v) is 14.6. The number of benzene rings is 1. The zero-order chi connectivity index (χ0) is 17.9. The fourth-order valence-electron chi connectivity index (χ4n) is 2.05. The smallest absolute Gasteiger partial charge is 0.251 e. The number of amides is 2. The third-order valence-corrected chi connectivity index (χ3v) is 3.61. The maximum absolute atomic E-state index is 11.9. The highest BCUT2D eigenvalue weighted by Gasteiger charge is 2.06. The number of carbonyl (C=O) groups is 2. The summed E-state index contributed by atoms with van der Waals surface area (Å²) in [6.45, 7) is 1.77. The van der Waals surface area contributed by atoms with Crippen LogP contribution in [-0.4, -0.2) is 31.5 Å². The van der Waals surface area contributed by atoms with Gasteiger partial charge in [-0.3, -0.25) is 9.59 Å². The number of rotatable bonds is 10. The molecule has 0 atom stereocenters. The van der Waals surface area contributed by atoms with Crippen LogP contribution in [0.5, 0.6) is 0 Å². The standard InChI is InChI=1S/C18H21ClN2O4/c19-15-6-4-14(5-7-15)18(23)21-10-8-17(22)20-9-2-11-24-13-16-3-1-12-25-16/h1,3-7,12H,2,8-11,13H2,(H,20,22)(H,21,23). The van der Waals surface area contributed by atoms with Gasteiger partial charge in [0.05, 0.1) is 6.26 Å². The minimum atomic E-state index is -0.226. The van der Waals surface area contributed by atoms with Crippen molar-refractivity contribution in [3.63, 3.8) is 0 Å². The quantitative estimate of drug-likeness (QED) is 0.635. The molecule has 0 bridgehead atoms. The van der Waals surface area contributed by atoms with Crippen LogP contribution in [-0.2, 0) is 16.1 Å². The van der Waals surface area contributed by atoms with Crippen molar-refractivity contribution < 1.29 is 18.7 Å². The van der Waals surface area contributed by atoms with Crippen molar-refractivity contribution >= 4 is 23.4 Å². The van der Waals surface area contributed by atoms with Crippen LogP contribution < -0.4 is 10.6 Å². The fourth-order valence-corrected chi connectivity index (χ4v) is 2.18. The first kappa shape index (κ1) is 19.0. The Kier molecular flexibility index (Phi) is 8.01. The van der Waals surface area contributed by atoms with Gasteiger partial charge in [-0.15, -0.1) is 0 Å². The molecule has 0 aliphatic rings. The van der Waals surface area contributed by atoms with Crippen molar-refractivity contribution in [2.75, 3.05) is 19.7 Å². The highest BCUT2D eigenvalue weighted by Crippen LogP contribution is 2.09. The van der Waals surface area contributed by atoms with Crippen LogP contribution in [0, 0.1) is 0 Å². The Balaban J connectivity index is 1.49. The predicted octanol–water partition coefficient (Wildman–Crippen LogP) is 2.78. The Morgan fingerprint density at radius 2 is 1.88 bits per heavy atom. The van der Waals surface area contributed by atoms with Crippen LogP contribution >= 0.6 is 11.6 Å². The van der Waals surface area contributed by atoms with E-state index in [1.165, 1.54) is 0 Å². The molecule has 0 spiro atoms. The Morgan fingerprint density at radius 3 is 2.60 bits per heavy atom. The van der Waals surface area contributed by atoms with Gasteiger partial charge >= 0.3 is 0 Å². The molecular weight excluding hydrogens is 344 g/mol. The third kappa shape index (κ3) is 7.41. The van der Waals surface area contributed by atoms with Gasteiger partial charge in [-0.25, -0.2) is 0 Å². The average Bonchev–Trinajstić information content (AvgIpc) is 3.12. The normalized spacial score (nSPS) is 10.4. The first-order chi connectivity index (χ1) is 12.1. The predicted molar refractivity (Wildman–Crippen MR) is 94.4 cm³/mol. The number of furan rings is 1. The molecule has 25 heavy (non-hydrogen) atoms. The Bertz CT molecular complexity index is 656. The van der Waals surface area contributed by atoms with Crippen molar-refractivity contribution in [3.05, 3.63) is 59.0 Å². The number of carbonyl (C=O) groups excluding carboxylic acids is 2. The maximum Gasteiger partial charge on any atom is 0.251 e. The fraction of sp³-hybridized carbons (Fsp3) is 0.333. The minimum Gasteiger partial charge on any atom is -0.467 e. The topological polar surface area (TPSA) is 80.6 Å². The van der Waals surface area contributed by atoms with Crippen LogP contribution in [0.1, 0.15) is 29.0 Å². The summed E-state index contributed by atoms with van der Waals surface area (Å²) in [5, 5.41) is 6.06. The molecule has 2 aromatic rings. The summed E-state index contributed by atoms with van der Waals surface area (Å²) >= 11 is 5.77. The second-order valence-electron chi connectivity index (χ2n) is 5.35. The number of halogens is 1. The molecule has 134 valence electrons. The number of hydrogen-bond donors (Lipinski definition) is 2. The van der Waals surface area contributed by atoms with E-state index in [1.807, 2.05) is 12.1 Å². The molecule has 0 aliphatic heterocycles. The molecule has 2 amide bonds. The van der Waals surface area contributed by atoms with Gasteiger partial charge in [-0.05, 0) is 42.8 Å². The molecule has 1 aromatic carbocycles. The minimum absolute atomic E-state index is 0.109. The maximum atomic E-state index is 11.9. The van der Waals surface area contributed by atoms with E-state index in [-0.39, 0.29) is 24.8 Å². The lowest BCUT2D eigenvalue weighted by molar-refractivity contribution is -0.121. The van der Waals surface area contributed by atoms with Crippen molar-refractivity contribution in [2.24, 2.45) is 0 Å². The summed E-state index contributed by atoms with van der Waals surface area (Å²) in [5.74, 6) is 0.443. The zero-order valence-electron chi connectivity index (χ0n) is 13.8. The van der Waals surface area contributed by atoms with E-state index in [0.717, 1.165) is 5.76 Å². The Hall–Kier alpha value is -2.31. The largest absolute Gasteiger partial charge is 0.467 e. The van der Waals surface area contributed by atoms with Crippen molar-refractivity contribution in [2.45, 2.75) is 19.4 Å². The van der Waals surface area contributed by atoms with Gasteiger partial charge in [0.25, 0.3) is 5.91 Å². The highest BCUT2D eigenvalue weighted by atomic mass is 35.5. The summed E-state index contributed by atoms with van der Waals surface area (Å²) in [6.07, 6.45) is 2.54. The highest BCUT2D eigenvalue weighted by molar-refractivity contribution is 6.30. The first-order valence-corrected chi connectivity index (χ1v) is 8.43. The van der Waals surface area contributed by atoms with E-state index in [9.17, 15) is 9.59 Å². The van der Waals surface area contributed by atoms with Crippen LogP contribution in [0.25, 0.3) is 0 Å². The molecule has 2 N–H and O–H groups in total. The van der Waals surface area contributed by atoms with E-state index in [0.29, 0.717) is 36.8 Å². The van der Waals surface area contributed by atoms with Gasteiger partial charge < -0.3 is 19.8 Å². The number of ether oxygens (including phenoxy) is 1. The van der Waals surface area contributed by atoms with Crippen molar-refractivity contribution in [3.8, 4) is 0 Å². The van der Waals surface area contributed by atoms with Gasteiger partial charge in [-0.1, -0.05) is 11.6 Å². The lowest BCUT2D eigenvalue weighted by Crippen LogP contribution is -2.31. The molecule has 1 aromatic heterocycles. The average molecular weight is 365 g/mol. The summed E-state index contributed by atoms with van der Waals surface area (Å²) < 4.78 is 10.6. The molecule has 2 rings (SSSR count). The second-order valence-corrected chi connectivity index (χ2v) is 5.78. The van der Waals surface area contributed by atoms with Crippen molar-refractivity contribution in [1.29, 1.82) is 0 Å². The Morgan fingerprint density at radius 1 is 1.08 bits per heavy atom. The molecule has 0 radical (unpaired) electrons. The lowest BCUT2D eigenvalue weighted by atomic mass is 10.2. The molecule has 0 aliphatic carbocycles. The second kappa shape index (κ2) is 10.5. The van der Waals surface area contributed by atoms with Gasteiger partial charge in [0, 0.05) is 36.7 Å². The van der Waals surface area contributed by atoms with Crippen LogP contribution in [0.4, 0.5) is 0 Å². The van der Waals surface area contributed by atoms with Crippen LogP contribution in [0.2, 0.25) is 5.02 Å². The van der Waals surface area contributed by atoms with Crippen LogP contribution in [0.15, 0.2) is 47.1 Å². The molecular formula is C18H21ClN2O4. The molecule has 0 fully saturated rings. The van der Waals surface area contributed by atoms with Gasteiger partial charge in [0.1, 0.15) is 12.4 Å². The van der Waals surface area contributed by atoms with E-state index < -0.39 is 0 Å². The number of hydrogen-bond acceptors (Lipinski definition) is 4. The van der Waals surface area contributed by atoms with E-state index in [1.54, 1.807) is 30.5 Å². The SMILES string of the molecule is O=C(CCNC(=O)c1ccc(Cl)cc1)NCCCOCc1ccco1. The van der Waals surface area contributed by atoms with Gasteiger partial charge in [0.2, 0.25) is 5.91 Å². The van der Waals surface area contributed by atoms with E-state index >= 15 is 0 Å². The summed E-state index contributed by atoms with van der Waals surface area (Å²) in [5.41, 5.74) is 0.513. The molecule has 7 heteroatoms. The Labute approximate surface area is 151 Å². The molecule has 0 saturated carbocycles. The van der Waals surface area contributed by atoms with E-state index in [2.05, 4.69) is 10.6 Å². The molecule has 1 heterocycles. The lowest BCUT2D eigenvalue weighted by Gasteiger charge is -2.07. The van der Waals surface area contributed by atoms with Gasteiger partial charge in [-0.2, -0.15) is 0 Å². The monoisotopic (exact) mass is 364 g/mol. The summed E-state index contributed by atoms with van der Waals surface area (Å²) in [6, 6.07) is 10.2. The van der Waals surface area contributed by atoms with Gasteiger partial charge in [0.15, 0.2) is 0 Å².